The van der Waals surface area contributed by atoms with Gasteiger partial charge in [-0.25, -0.2) is 0 Å². The van der Waals surface area contributed by atoms with Gasteiger partial charge in [-0.05, 0) is 33.9 Å². The molecule has 1 amide bonds. The van der Waals surface area contributed by atoms with Gasteiger partial charge in [-0.2, -0.15) is 0 Å². The topological polar surface area (TPSA) is 20.3 Å². The molecular formula is C21H15NO. The molecule has 23 heavy (non-hydrogen) atoms. The molecule has 0 aliphatic carbocycles. The van der Waals surface area contributed by atoms with E-state index in [0.717, 1.165) is 11.1 Å². The van der Waals surface area contributed by atoms with Crippen molar-refractivity contribution < 1.29 is 4.79 Å². The van der Waals surface area contributed by atoms with E-state index in [1.165, 1.54) is 22.3 Å². The van der Waals surface area contributed by atoms with Crippen LogP contribution in [-0.4, -0.2) is 10.8 Å². The van der Waals surface area contributed by atoms with Gasteiger partial charge in [0.2, 0.25) is 0 Å². The third-order valence-electron chi connectivity index (χ3n) is 4.96. The Kier molecular flexibility index (Phi) is 2.51. The van der Waals surface area contributed by atoms with Crippen molar-refractivity contribution in [3.63, 3.8) is 0 Å². The normalized spacial score (nSPS) is 17.8. The summed E-state index contributed by atoms with van der Waals surface area (Å²) in [4.78, 5) is 14.9. The fraction of sp³-hybridized carbons (Fsp3) is 0.0952. The average molecular weight is 297 g/mol. The number of hydrogen-bond donors (Lipinski definition) is 0. The maximum atomic E-state index is 12.9. The molecule has 0 saturated heterocycles. The van der Waals surface area contributed by atoms with Crippen LogP contribution in [-0.2, 0) is 6.54 Å². The van der Waals surface area contributed by atoms with E-state index in [4.69, 9.17) is 0 Å². The van der Waals surface area contributed by atoms with Gasteiger partial charge in [0.15, 0.2) is 0 Å². The SMILES string of the molecule is O=C1c2ccccc2C2c3ccccc3-c3ccccc3CN12. The van der Waals surface area contributed by atoms with Crippen LogP contribution in [0.3, 0.4) is 0 Å². The number of carbonyl (C=O) groups is 1. The predicted octanol–water partition coefficient (Wildman–Crippen LogP) is 4.41. The van der Waals surface area contributed by atoms with Crippen LogP contribution in [0.15, 0.2) is 72.8 Å². The van der Waals surface area contributed by atoms with Gasteiger partial charge in [0.1, 0.15) is 0 Å². The van der Waals surface area contributed by atoms with Crippen LogP contribution in [0.5, 0.6) is 0 Å². The molecule has 0 aromatic heterocycles. The predicted molar refractivity (Wildman–Crippen MR) is 90.0 cm³/mol. The first-order valence-corrected chi connectivity index (χ1v) is 7.92. The molecule has 0 N–H and O–H groups in total. The summed E-state index contributed by atoms with van der Waals surface area (Å²) in [5, 5.41) is 0. The van der Waals surface area contributed by atoms with Crippen molar-refractivity contribution in [2.24, 2.45) is 0 Å². The lowest BCUT2D eigenvalue weighted by atomic mass is 9.91. The Morgan fingerprint density at radius 2 is 1.26 bits per heavy atom. The molecule has 3 aromatic carbocycles. The highest BCUT2D eigenvalue weighted by Crippen LogP contribution is 2.46. The molecule has 2 aliphatic heterocycles. The lowest BCUT2D eigenvalue weighted by molar-refractivity contribution is 0.0738. The number of fused-ring (bicyclic) bond motifs is 7. The highest BCUT2D eigenvalue weighted by molar-refractivity contribution is 6.00. The summed E-state index contributed by atoms with van der Waals surface area (Å²) < 4.78 is 0. The number of carbonyl (C=O) groups excluding carboxylic acids is 1. The Labute approximate surface area is 135 Å². The summed E-state index contributed by atoms with van der Waals surface area (Å²) in [6.07, 6.45) is 0. The van der Waals surface area contributed by atoms with Crippen molar-refractivity contribution in [3.8, 4) is 11.1 Å². The van der Waals surface area contributed by atoms with Crippen molar-refractivity contribution in [2.75, 3.05) is 0 Å². The van der Waals surface area contributed by atoms with Crippen molar-refractivity contribution in [3.05, 3.63) is 95.1 Å². The summed E-state index contributed by atoms with van der Waals surface area (Å²) in [7, 11) is 0. The second kappa shape index (κ2) is 4.56. The van der Waals surface area contributed by atoms with Crippen molar-refractivity contribution in [1.82, 2.24) is 4.90 Å². The molecule has 5 rings (SSSR count). The highest BCUT2D eigenvalue weighted by atomic mass is 16.2. The monoisotopic (exact) mass is 297 g/mol. The number of amides is 1. The van der Waals surface area contributed by atoms with Crippen LogP contribution in [0.1, 0.15) is 33.1 Å². The molecule has 1 atom stereocenters. The zero-order valence-corrected chi connectivity index (χ0v) is 12.6. The standard InChI is InChI=1S/C21H15NO/c23-21-19-12-6-5-11-18(19)20-17-10-4-3-9-16(17)15-8-2-1-7-14(15)13-22(20)21/h1-12,20H,13H2. The smallest absolute Gasteiger partial charge is 0.255 e. The second-order valence-corrected chi connectivity index (χ2v) is 6.17. The van der Waals surface area contributed by atoms with Gasteiger partial charge in [-0.3, -0.25) is 4.79 Å². The van der Waals surface area contributed by atoms with Crippen LogP contribution in [0.4, 0.5) is 0 Å². The quantitative estimate of drug-likeness (QED) is 0.602. The molecule has 0 fully saturated rings. The summed E-state index contributed by atoms with van der Waals surface area (Å²) >= 11 is 0. The third kappa shape index (κ3) is 1.66. The molecule has 3 aromatic rings. The van der Waals surface area contributed by atoms with Crippen molar-refractivity contribution in [1.29, 1.82) is 0 Å². The van der Waals surface area contributed by atoms with E-state index in [1.54, 1.807) is 0 Å². The molecular weight excluding hydrogens is 282 g/mol. The second-order valence-electron chi connectivity index (χ2n) is 6.17. The van der Waals surface area contributed by atoms with Crippen molar-refractivity contribution >= 4 is 5.91 Å². The van der Waals surface area contributed by atoms with E-state index >= 15 is 0 Å². The minimum atomic E-state index is 0.0160. The summed E-state index contributed by atoms with van der Waals surface area (Å²) in [6, 6.07) is 24.9. The summed E-state index contributed by atoms with van der Waals surface area (Å²) in [6.45, 7) is 0.656. The van der Waals surface area contributed by atoms with Gasteiger partial charge in [0.25, 0.3) is 5.91 Å². The molecule has 0 saturated carbocycles. The first-order valence-electron chi connectivity index (χ1n) is 7.92. The molecule has 2 heteroatoms. The largest absolute Gasteiger partial charge is 0.323 e. The van der Waals surface area contributed by atoms with Gasteiger partial charge in [0.05, 0.1) is 6.04 Å². The number of rotatable bonds is 0. The van der Waals surface area contributed by atoms with E-state index in [2.05, 4.69) is 54.6 Å². The van der Waals surface area contributed by atoms with Crippen molar-refractivity contribution in [2.45, 2.75) is 12.6 Å². The van der Waals surface area contributed by atoms with Crippen LogP contribution in [0.2, 0.25) is 0 Å². The van der Waals surface area contributed by atoms with Gasteiger partial charge in [0, 0.05) is 12.1 Å². The molecule has 0 radical (unpaired) electrons. The first kappa shape index (κ1) is 12.7. The molecule has 2 heterocycles. The maximum Gasteiger partial charge on any atom is 0.255 e. The van der Waals surface area contributed by atoms with Crippen LogP contribution >= 0.6 is 0 Å². The molecule has 110 valence electrons. The fourth-order valence-electron chi connectivity index (χ4n) is 3.95. The van der Waals surface area contributed by atoms with E-state index < -0.39 is 0 Å². The zero-order valence-electron chi connectivity index (χ0n) is 12.6. The van der Waals surface area contributed by atoms with Gasteiger partial charge in [-0.1, -0.05) is 66.7 Å². The number of nitrogens with zero attached hydrogens (tertiary/aromatic N) is 1. The number of benzene rings is 3. The Bertz CT molecular complexity index is 944. The molecule has 1 unspecified atom stereocenters. The Hall–Kier alpha value is -2.87. The highest BCUT2D eigenvalue weighted by Gasteiger charge is 2.40. The van der Waals surface area contributed by atoms with Crippen LogP contribution < -0.4 is 0 Å². The third-order valence-corrected chi connectivity index (χ3v) is 4.96. The number of hydrogen-bond acceptors (Lipinski definition) is 1. The lowest BCUT2D eigenvalue weighted by Crippen LogP contribution is -2.27. The van der Waals surface area contributed by atoms with E-state index in [-0.39, 0.29) is 11.9 Å². The minimum absolute atomic E-state index is 0.0160. The molecule has 0 bridgehead atoms. The van der Waals surface area contributed by atoms with Crippen LogP contribution in [0, 0.1) is 0 Å². The fourth-order valence-corrected chi connectivity index (χ4v) is 3.95. The first-order chi connectivity index (χ1) is 11.3. The Morgan fingerprint density at radius 1 is 0.696 bits per heavy atom. The van der Waals surface area contributed by atoms with Gasteiger partial charge in [-0.15, -0.1) is 0 Å². The maximum absolute atomic E-state index is 12.9. The summed E-state index contributed by atoms with van der Waals surface area (Å²) in [5.41, 5.74) is 6.87. The molecule has 0 spiro atoms. The zero-order chi connectivity index (χ0) is 15.4. The van der Waals surface area contributed by atoms with E-state index in [0.29, 0.717) is 6.54 Å². The van der Waals surface area contributed by atoms with Gasteiger partial charge < -0.3 is 4.90 Å². The Balaban J connectivity index is 1.84. The van der Waals surface area contributed by atoms with Crippen LogP contribution in [0.25, 0.3) is 11.1 Å². The summed E-state index contributed by atoms with van der Waals surface area (Å²) in [5.74, 6) is 0.136. The average Bonchev–Trinajstić information content (AvgIpc) is 2.79. The van der Waals surface area contributed by atoms with E-state index in [1.807, 2.05) is 23.1 Å². The minimum Gasteiger partial charge on any atom is -0.323 e. The van der Waals surface area contributed by atoms with Gasteiger partial charge >= 0.3 is 0 Å². The van der Waals surface area contributed by atoms with E-state index in [9.17, 15) is 4.79 Å². The lowest BCUT2D eigenvalue weighted by Gasteiger charge is -2.24. The molecule has 2 aliphatic rings. The molecule has 2 nitrogen and oxygen atoms in total. The Morgan fingerprint density at radius 3 is 2.04 bits per heavy atom.